The molecule has 0 saturated carbocycles. The van der Waals surface area contributed by atoms with Gasteiger partial charge in [0.15, 0.2) is 11.5 Å². The number of phenols is 1. The van der Waals surface area contributed by atoms with E-state index in [1.807, 2.05) is 37.3 Å². The maximum atomic E-state index is 10.2. The van der Waals surface area contributed by atoms with E-state index in [0.29, 0.717) is 18.8 Å². The molecule has 0 spiro atoms. The van der Waals surface area contributed by atoms with Crippen LogP contribution in [0.3, 0.4) is 0 Å². The maximum absolute atomic E-state index is 10.2. The highest BCUT2D eigenvalue weighted by atomic mass is 16.5. The zero-order valence-corrected chi connectivity index (χ0v) is 13.5. The van der Waals surface area contributed by atoms with Crippen molar-refractivity contribution < 1.29 is 14.6 Å². The molecule has 0 aliphatic carbocycles. The van der Waals surface area contributed by atoms with Crippen molar-refractivity contribution in [2.24, 2.45) is 4.99 Å². The smallest absolute Gasteiger partial charge is 0.161 e. The molecule has 0 atom stereocenters. The Morgan fingerprint density at radius 1 is 1.26 bits per heavy atom. The van der Waals surface area contributed by atoms with E-state index >= 15 is 0 Å². The third-order valence-electron chi connectivity index (χ3n) is 3.26. The Morgan fingerprint density at radius 3 is 2.78 bits per heavy atom. The van der Waals surface area contributed by atoms with Gasteiger partial charge >= 0.3 is 0 Å². The second kappa shape index (κ2) is 8.03. The first-order valence-corrected chi connectivity index (χ1v) is 7.45. The fourth-order valence-electron chi connectivity index (χ4n) is 2.18. The largest absolute Gasteiger partial charge is 0.504 e. The van der Waals surface area contributed by atoms with Crippen molar-refractivity contribution in [3.05, 3.63) is 60.2 Å². The number of methoxy groups -OCH3 is 1. The van der Waals surface area contributed by atoms with Crippen LogP contribution in [0.25, 0.3) is 0 Å². The lowest BCUT2D eigenvalue weighted by molar-refractivity contribution is 0.317. The molecule has 120 valence electrons. The number of hydrogen-bond donors (Lipinski definition) is 1. The minimum absolute atomic E-state index is 0.158. The Morgan fingerprint density at radius 2 is 2.09 bits per heavy atom. The Bertz CT molecular complexity index is 708. The minimum Gasteiger partial charge on any atom is -0.504 e. The number of rotatable bonds is 7. The molecular formula is C19H21NO3. The van der Waals surface area contributed by atoms with Gasteiger partial charge in [-0.05, 0) is 43.2 Å². The van der Waals surface area contributed by atoms with Crippen molar-refractivity contribution in [2.75, 3.05) is 13.7 Å². The summed E-state index contributed by atoms with van der Waals surface area (Å²) in [6.07, 6.45) is 4.05. The molecular weight excluding hydrogens is 290 g/mol. The van der Waals surface area contributed by atoms with Crippen LogP contribution in [0.2, 0.25) is 0 Å². The first-order chi connectivity index (χ1) is 11.2. The van der Waals surface area contributed by atoms with Crippen molar-refractivity contribution in [3.8, 4) is 17.2 Å². The molecule has 2 rings (SSSR count). The van der Waals surface area contributed by atoms with Crippen molar-refractivity contribution in [2.45, 2.75) is 13.3 Å². The summed E-state index contributed by atoms with van der Waals surface area (Å²) in [6, 6.07) is 11.2. The summed E-state index contributed by atoms with van der Waals surface area (Å²) in [5, 5.41) is 10.2. The van der Waals surface area contributed by atoms with E-state index in [4.69, 9.17) is 9.47 Å². The second-order valence-corrected chi connectivity index (χ2v) is 4.91. The third-order valence-corrected chi connectivity index (χ3v) is 3.26. The predicted octanol–water partition coefficient (Wildman–Crippen LogP) is 4.28. The maximum Gasteiger partial charge on any atom is 0.161 e. The van der Waals surface area contributed by atoms with Gasteiger partial charge in [0, 0.05) is 17.8 Å². The zero-order chi connectivity index (χ0) is 16.7. The number of hydrogen-bond acceptors (Lipinski definition) is 4. The average molecular weight is 311 g/mol. The average Bonchev–Trinajstić information content (AvgIpc) is 2.57. The van der Waals surface area contributed by atoms with E-state index in [9.17, 15) is 5.11 Å². The van der Waals surface area contributed by atoms with Gasteiger partial charge < -0.3 is 14.6 Å². The van der Waals surface area contributed by atoms with Gasteiger partial charge in [0.1, 0.15) is 5.75 Å². The fraction of sp³-hybridized carbons (Fsp3) is 0.211. The Labute approximate surface area is 136 Å². The van der Waals surface area contributed by atoms with E-state index in [1.165, 1.54) is 0 Å². The van der Waals surface area contributed by atoms with E-state index in [-0.39, 0.29) is 5.75 Å². The molecule has 0 aliphatic rings. The molecule has 23 heavy (non-hydrogen) atoms. The van der Waals surface area contributed by atoms with Crippen LogP contribution in [0.1, 0.15) is 18.1 Å². The second-order valence-electron chi connectivity index (χ2n) is 4.91. The van der Waals surface area contributed by atoms with E-state index in [1.54, 1.807) is 25.5 Å². The Balaban J connectivity index is 2.33. The number of ether oxygens (including phenoxy) is 2. The molecule has 0 radical (unpaired) electrons. The molecule has 0 aliphatic heterocycles. The number of phenolic OH excluding ortho intramolecular Hbond substituents is 1. The van der Waals surface area contributed by atoms with Crippen LogP contribution in [-0.2, 0) is 6.42 Å². The number of allylic oxidation sites excluding steroid dienone is 1. The lowest BCUT2D eigenvalue weighted by Gasteiger charge is -2.10. The van der Waals surface area contributed by atoms with Crippen molar-refractivity contribution in [1.82, 2.24) is 0 Å². The number of aromatic hydroxyl groups is 1. The lowest BCUT2D eigenvalue weighted by Crippen LogP contribution is -1.96. The standard InChI is InChI=1S/C19H21NO3/c1-4-7-15-10-14(11-18(19(15)21)23-5-2)13-20-16-8-6-9-17(12-16)22-3/h4,6,8-13,21H,1,5,7H2,2-3H3. The molecule has 2 aromatic carbocycles. The van der Waals surface area contributed by atoms with E-state index < -0.39 is 0 Å². The summed E-state index contributed by atoms with van der Waals surface area (Å²) in [4.78, 5) is 4.45. The normalized spacial score (nSPS) is 10.7. The van der Waals surface area contributed by atoms with Gasteiger partial charge in [0.25, 0.3) is 0 Å². The molecule has 0 unspecified atom stereocenters. The van der Waals surface area contributed by atoms with E-state index in [0.717, 1.165) is 22.6 Å². The topological polar surface area (TPSA) is 51.0 Å². The van der Waals surface area contributed by atoms with Gasteiger partial charge in [0.05, 0.1) is 19.4 Å². The first kappa shape index (κ1) is 16.6. The Hall–Kier alpha value is -2.75. The van der Waals surface area contributed by atoms with Gasteiger partial charge in [-0.3, -0.25) is 4.99 Å². The van der Waals surface area contributed by atoms with Gasteiger partial charge in [-0.15, -0.1) is 6.58 Å². The van der Waals surface area contributed by atoms with Crippen LogP contribution in [0.4, 0.5) is 5.69 Å². The summed E-state index contributed by atoms with van der Waals surface area (Å²) < 4.78 is 10.7. The van der Waals surface area contributed by atoms with Crippen LogP contribution in [-0.4, -0.2) is 25.0 Å². The van der Waals surface area contributed by atoms with Crippen LogP contribution in [0, 0.1) is 0 Å². The molecule has 0 fully saturated rings. The van der Waals surface area contributed by atoms with Crippen molar-refractivity contribution in [3.63, 3.8) is 0 Å². The molecule has 0 aromatic heterocycles. The van der Waals surface area contributed by atoms with Gasteiger partial charge in [-0.1, -0.05) is 12.1 Å². The first-order valence-electron chi connectivity index (χ1n) is 7.45. The highest BCUT2D eigenvalue weighted by Crippen LogP contribution is 2.32. The predicted molar refractivity (Wildman–Crippen MR) is 93.4 cm³/mol. The summed E-state index contributed by atoms with van der Waals surface area (Å²) in [7, 11) is 1.62. The van der Waals surface area contributed by atoms with Crippen molar-refractivity contribution in [1.29, 1.82) is 0 Å². The quantitative estimate of drug-likeness (QED) is 0.613. The summed E-state index contributed by atoms with van der Waals surface area (Å²) in [5.41, 5.74) is 2.41. The molecule has 0 amide bonds. The van der Waals surface area contributed by atoms with Gasteiger partial charge in [-0.2, -0.15) is 0 Å². The molecule has 4 heteroatoms. The number of nitrogens with zero attached hydrogens (tertiary/aromatic N) is 1. The number of aliphatic imine (C=N–C) groups is 1. The van der Waals surface area contributed by atoms with Gasteiger partial charge in [-0.25, -0.2) is 0 Å². The molecule has 0 heterocycles. The SMILES string of the molecule is C=CCc1cc(C=Nc2cccc(OC)c2)cc(OCC)c1O. The molecule has 4 nitrogen and oxygen atoms in total. The number of benzene rings is 2. The monoisotopic (exact) mass is 311 g/mol. The molecule has 2 aromatic rings. The molecule has 0 bridgehead atoms. The summed E-state index contributed by atoms with van der Waals surface area (Å²) >= 11 is 0. The van der Waals surface area contributed by atoms with Crippen LogP contribution >= 0.6 is 0 Å². The van der Waals surface area contributed by atoms with Gasteiger partial charge in [0.2, 0.25) is 0 Å². The third kappa shape index (κ3) is 4.36. The molecule has 1 N–H and O–H groups in total. The zero-order valence-electron chi connectivity index (χ0n) is 13.5. The fourth-order valence-corrected chi connectivity index (χ4v) is 2.18. The summed E-state index contributed by atoms with van der Waals surface area (Å²) in [6.45, 7) is 6.08. The van der Waals surface area contributed by atoms with E-state index in [2.05, 4.69) is 11.6 Å². The highest BCUT2D eigenvalue weighted by Gasteiger charge is 2.09. The molecule has 0 saturated heterocycles. The lowest BCUT2D eigenvalue weighted by atomic mass is 10.1. The van der Waals surface area contributed by atoms with Crippen molar-refractivity contribution >= 4 is 11.9 Å². The highest BCUT2D eigenvalue weighted by molar-refractivity contribution is 5.83. The Kier molecular flexibility index (Phi) is 5.80. The van der Waals surface area contributed by atoms with Crippen LogP contribution in [0.15, 0.2) is 54.0 Å². The van der Waals surface area contributed by atoms with Crippen LogP contribution in [0.5, 0.6) is 17.2 Å². The minimum atomic E-state index is 0.158. The van der Waals surface area contributed by atoms with Crippen LogP contribution < -0.4 is 9.47 Å². The summed E-state index contributed by atoms with van der Waals surface area (Å²) in [5.74, 6) is 1.37.